The van der Waals surface area contributed by atoms with Gasteiger partial charge in [0.2, 0.25) is 0 Å². The van der Waals surface area contributed by atoms with Gasteiger partial charge in [0.1, 0.15) is 17.6 Å². The summed E-state index contributed by atoms with van der Waals surface area (Å²) in [6, 6.07) is 10.2. The van der Waals surface area contributed by atoms with Crippen molar-refractivity contribution < 1.29 is 4.74 Å². The number of aryl methyl sites for hydroxylation is 2. The molecule has 2 aromatic rings. The van der Waals surface area contributed by atoms with Gasteiger partial charge in [0.15, 0.2) is 0 Å². The summed E-state index contributed by atoms with van der Waals surface area (Å²) in [6.45, 7) is 0. The number of fused-ring (bicyclic) bond motifs is 3. The molecular formula is C16H15N3O. The lowest BCUT2D eigenvalue weighted by molar-refractivity contribution is 0.415. The molecule has 4 heteroatoms. The Morgan fingerprint density at radius 3 is 2.75 bits per heavy atom. The van der Waals surface area contributed by atoms with Crippen LogP contribution in [0.3, 0.4) is 0 Å². The topological polar surface area (TPSA) is 57.9 Å². The minimum atomic E-state index is 0.595. The van der Waals surface area contributed by atoms with E-state index in [0.29, 0.717) is 11.4 Å². The van der Waals surface area contributed by atoms with Crippen molar-refractivity contribution in [2.24, 2.45) is 0 Å². The molecule has 0 amide bonds. The Hall–Kier alpha value is -2.54. The standard InChI is InChI=1S/C16H15N3O/c1-18-16-12(9-17)7-11-4-3-10-5-6-13(20-2)8-14(10)15(11)19-16/h5-8H,3-4H2,1-2H3,(H,18,19). The molecule has 0 atom stereocenters. The second-order valence-electron chi connectivity index (χ2n) is 4.78. The fourth-order valence-electron chi connectivity index (χ4n) is 2.64. The summed E-state index contributed by atoms with van der Waals surface area (Å²) >= 11 is 0. The first-order valence-corrected chi connectivity index (χ1v) is 6.56. The van der Waals surface area contributed by atoms with Crippen LogP contribution in [0.5, 0.6) is 5.75 Å². The highest BCUT2D eigenvalue weighted by atomic mass is 16.5. The van der Waals surface area contributed by atoms with Crippen LogP contribution < -0.4 is 10.1 Å². The molecule has 1 aromatic heterocycles. The third kappa shape index (κ3) is 1.88. The first-order valence-electron chi connectivity index (χ1n) is 6.56. The summed E-state index contributed by atoms with van der Waals surface area (Å²) in [5.41, 5.74) is 5.05. The van der Waals surface area contributed by atoms with Crippen LogP contribution in [-0.4, -0.2) is 19.1 Å². The van der Waals surface area contributed by atoms with E-state index in [9.17, 15) is 5.26 Å². The van der Waals surface area contributed by atoms with Crippen LogP contribution >= 0.6 is 0 Å². The Morgan fingerprint density at radius 1 is 1.25 bits per heavy atom. The Balaban J connectivity index is 2.22. The van der Waals surface area contributed by atoms with Gasteiger partial charge in [-0.15, -0.1) is 0 Å². The quantitative estimate of drug-likeness (QED) is 0.907. The average Bonchev–Trinajstić information content (AvgIpc) is 2.52. The number of hydrogen-bond acceptors (Lipinski definition) is 4. The van der Waals surface area contributed by atoms with Gasteiger partial charge in [-0.1, -0.05) is 6.07 Å². The lowest BCUT2D eigenvalue weighted by Crippen LogP contribution is -2.09. The molecule has 0 fully saturated rings. The van der Waals surface area contributed by atoms with Gasteiger partial charge in [0.05, 0.1) is 18.4 Å². The predicted molar refractivity (Wildman–Crippen MR) is 77.9 cm³/mol. The van der Waals surface area contributed by atoms with Crippen LogP contribution in [0.1, 0.15) is 16.7 Å². The Kier molecular flexibility index (Phi) is 3.03. The fourth-order valence-corrected chi connectivity index (χ4v) is 2.64. The number of rotatable bonds is 2. The Labute approximate surface area is 118 Å². The molecule has 1 aliphatic rings. The summed E-state index contributed by atoms with van der Waals surface area (Å²) < 4.78 is 5.30. The highest BCUT2D eigenvalue weighted by Gasteiger charge is 2.20. The smallest absolute Gasteiger partial charge is 0.144 e. The molecule has 1 aliphatic carbocycles. The summed E-state index contributed by atoms with van der Waals surface area (Å²) in [6.07, 6.45) is 1.89. The second-order valence-corrected chi connectivity index (χ2v) is 4.78. The van der Waals surface area contributed by atoms with Gasteiger partial charge in [0.25, 0.3) is 0 Å². The van der Waals surface area contributed by atoms with Crippen LogP contribution in [0, 0.1) is 11.3 Å². The summed E-state index contributed by atoms with van der Waals surface area (Å²) in [7, 11) is 3.45. The molecule has 0 bridgehead atoms. The molecule has 1 heterocycles. The van der Waals surface area contributed by atoms with Gasteiger partial charge in [0, 0.05) is 12.6 Å². The van der Waals surface area contributed by atoms with Gasteiger partial charge < -0.3 is 10.1 Å². The summed E-state index contributed by atoms with van der Waals surface area (Å²) in [5, 5.41) is 12.2. The van der Waals surface area contributed by atoms with Crippen molar-refractivity contribution in [3.8, 4) is 23.1 Å². The number of methoxy groups -OCH3 is 1. The maximum atomic E-state index is 9.18. The molecule has 3 rings (SSSR count). The third-order valence-electron chi connectivity index (χ3n) is 3.69. The maximum Gasteiger partial charge on any atom is 0.144 e. The van der Waals surface area contributed by atoms with Gasteiger partial charge in [-0.25, -0.2) is 4.98 Å². The van der Waals surface area contributed by atoms with Crippen LogP contribution in [0.2, 0.25) is 0 Å². The van der Waals surface area contributed by atoms with E-state index in [4.69, 9.17) is 4.74 Å². The minimum Gasteiger partial charge on any atom is -0.497 e. The number of ether oxygens (including phenoxy) is 1. The van der Waals surface area contributed by atoms with Crippen molar-refractivity contribution in [2.45, 2.75) is 12.8 Å². The number of anilines is 1. The van der Waals surface area contributed by atoms with Gasteiger partial charge >= 0.3 is 0 Å². The highest BCUT2D eigenvalue weighted by Crippen LogP contribution is 2.36. The number of nitrogens with one attached hydrogen (secondary N) is 1. The molecule has 1 N–H and O–H groups in total. The minimum absolute atomic E-state index is 0.595. The molecule has 0 aliphatic heterocycles. The molecule has 20 heavy (non-hydrogen) atoms. The molecule has 1 aromatic carbocycles. The van der Waals surface area contributed by atoms with Gasteiger partial charge in [-0.2, -0.15) is 5.26 Å². The number of nitriles is 1. The first-order chi connectivity index (χ1) is 9.76. The molecule has 0 saturated carbocycles. The van der Waals surface area contributed by atoms with Crippen molar-refractivity contribution in [3.05, 3.63) is 41.0 Å². The number of aromatic nitrogens is 1. The SMILES string of the molecule is CNc1nc2c(cc1C#N)CCc1ccc(OC)cc1-2. The molecule has 4 nitrogen and oxygen atoms in total. The van der Waals surface area contributed by atoms with E-state index in [-0.39, 0.29) is 0 Å². The largest absolute Gasteiger partial charge is 0.497 e. The monoisotopic (exact) mass is 265 g/mol. The van der Waals surface area contributed by atoms with Gasteiger partial charge in [-0.05, 0) is 42.2 Å². The molecule has 0 radical (unpaired) electrons. The lowest BCUT2D eigenvalue weighted by Gasteiger charge is -2.20. The maximum absolute atomic E-state index is 9.18. The van der Waals surface area contributed by atoms with Crippen molar-refractivity contribution in [3.63, 3.8) is 0 Å². The van der Waals surface area contributed by atoms with E-state index in [1.165, 1.54) is 5.56 Å². The molecular weight excluding hydrogens is 250 g/mol. The molecule has 0 saturated heterocycles. The van der Waals surface area contributed by atoms with E-state index in [2.05, 4.69) is 22.4 Å². The normalized spacial score (nSPS) is 12.1. The Bertz CT molecular complexity index is 716. The zero-order chi connectivity index (χ0) is 14.1. The zero-order valence-corrected chi connectivity index (χ0v) is 11.5. The van der Waals surface area contributed by atoms with Crippen molar-refractivity contribution >= 4 is 5.82 Å². The van der Waals surface area contributed by atoms with Crippen LogP contribution in [-0.2, 0) is 12.8 Å². The molecule has 100 valence electrons. The molecule has 0 unspecified atom stereocenters. The second kappa shape index (κ2) is 4.86. The third-order valence-corrected chi connectivity index (χ3v) is 3.69. The van der Waals surface area contributed by atoms with E-state index in [0.717, 1.165) is 35.4 Å². The average molecular weight is 265 g/mol. The number of hydrogen-bond donors (Lipinski definition) is 1. The van der Waals surface area contributed by atoms with E-state index in [1.54, 1.807) is 14.2 Å². The lowest BCUT2D eigenvalue weighted by atomic mass is 9.88. The number of benzene rings is 1. The zero-order valence-electron chi connectivity index (χ0n) is 11.5. The highest BCUT2D eigenvalue weighted by molar-refractivity contribution is 5.74. The van der Waals surface area contributed by atoms with Crippen molar-refractivity contribution in [1.82, 2.24) is 4.98 Å². The van der Waals surface area contributed by atoms with Crippen molar-refractivity contribution in [1.29, 1.82) is 5.26 Å². The summed E-state index contributed by atoms with van der Waals surface area (Å²) in [5.74, 6) is 1.45. The van der Waals surface area contributed by atoms with Crippen LogP contribution in [0.25, 0.3) is 11.3 Å². The van der Waals surface area contributed by atoms with Crippen LogP contribution in [0.15, 0.2) is 24.3 Å². The van der Waals surface area contributed by atoms with E-state index < -0.39 is 0 Å². The van der Waals surface area contributed by atoms with Crippen molar-refractivity contribution in [2.75, 3.05) is 19.5 Å². The Morgan fingerprint density at radius 2 is 2.05 bits per heavy atom. The fraction of sp³-hybridized carbons (Fsp3) is 0.250. The number of nitrogens with zero attached hydrogens (tertiary/aromatic N) is 2. The predicted octanol–water partition coefficient (Wildman–Crippen LogP) is 2.77. The van der Waals surface area contributed by atoms with E-state index in [1.807, 2.05) is 18.2 Å². The number of pyridine rings is 1. The first kappa shape index (κ1) is 12.5. The van der Waals surface area contributed by atoms with E-state index >= 15 is 0 Å². The molecule has 0 spiro atoms. The van der Waals surface area contributed by atoms with Gasteiger partial charge in [-0.3, -0.25) is 0 Å². The van der Waals surface area contributed by atoms with Crippen LogP contribution in [0.4, 0.5) is 5.82 Å². The summed E-state index contributed by atoms with van der Waals surface area (Å²) in [4.78, 5) is 4.63.